The van der Waals surface area contributed by atoms with Crippen molar-refractivity contribution in [3.63, 3.8) is 0 Å². The molecule has 1 unspecified atom stereocenters. The molecule has 1 aromatic carbocycles. The SMILES string of the molecule is Cc1nc2nc(N)nn2c(C)c1CC(=O)NC(C)c1cccc(Cl)c1. The van der Waals surface area contributed by atoms with E-state index in [-0.39, 0.29) is 24.3 Å². The van der Waals surface area contributed by atoms with Crippen molar-refractivity contribution in [2.45, 2.75) is 33.2 Å². The topological polar surface area (TPSA) is 98.2 Å². The molecule has 3 aromatic rings. The molecule has 0 aliphatic rings. The Labute approximate surface area is 150 Å². The minimum atomic E-state index is -0.148. The molecule has 0 aliphatic carbocycles. The Kier molecular flexibility index (Phi) is 4.59. The predicted molar refractivity (Wildman–Crippen MR) is 96.4 cm³/mol. The number of nitrogens with two attached hydrogens (primary N) is 1. The van der Waals surface area contributed by atoms with Gasteiger partial charge in [0.15, 0.2) is 0 Å². The number of carbonyl (C=O) groups excluding carboxylic acids is 1. The van der Waals surface area contributed by atoms with Crippen LogP contribution in [-0.4, -0.2) is 25.5 Å². The number of nitrogen functional groups attached to an aromatic ring is 1. The average Bonchev–Trinajstić information content (AvgIpc) is 2.92. The van der Waals surface area contributed by atoms with E-state index in [9.17, 15) is 4.79 Å². The number of carbonyl (C=O) groups is 1. The number of halogens is 1. The maximum atomic E-state index is 12.5. The van der Waals surface area contributed by atoms with Gasteiger partial charge in [-0.05, 0) is 38.5 Å². The zero-order valence-electron chi connectivity index (χ0n) is 14.2. The van der Waals surface area contributed by atoms with Crippen LogP contribution in [0.5, 0.6) is 0 Å². The van der Waals surface area contributed by atoms with E-state index < -0.39 is 0 Å². The van der Waals surface area contributed by atoms with Crippen LogP contribution in [0.15, 0.2) is 24.3 Å². The van der Waals surface area contributed by atoms with Gasteiger partial charge in [0.1, 0.15) is 0 Å². The van der Waals surface area contributed by atoms with Crippen molar-refractivity contribution in [2.24, 2.45) is 0 Å². The lowest BCUT2D eigenvalue weighted by molar-refractivity contribution is -0.121. The smallest absolute Gasteiger partial charge is 0.254 e. The number of nitrogens with zero attached hydrogens (tertiary/aromatic N) is 4. The summed E-state index contributed by atoms with van der Waals surface area (Å²) in [4.78, 5) is 20.9. The summed E-state index contributed by atoms with van der Waals surface area (Å²) in [6.07, 6.45) is 0.200. The van der Waals surface area contributed by atoms with E-state index in [1.54, 1.807) is 10.6 Å². The zero-order valence-corrected chi connectivity index (χ0v) is 15.0. The molecule has 0 fully saturated rings. The molecule has 1 atom stereocenters. The molecule has 0 radical (unpaired) electrons. The monoisotopic (exact) mass is 358 g/mol. The molecule has 25 heavy (non-hydrogen) atoms. The Bertz CT molecular complexity index is 952. The second-order valence-corrected chi connectivity index (χ2v) is 6.40. The van der Waals surface area contributed by atoms with Gasteiger partial charge in [0, 0.05) is 22.0 Å². The fraction of sp³-hybridized carbons (Fsp3) is 0.294. The number of nitrogens with one attached hydrogen (secondary N) is 1. The van der Waals surface area contributed by atoms with Crippen molar-refractivity contribution in [1.29, 1.82) is 0 Å². The van der Waals surface area contributed by atoms with Gasteiger partial charge in [0.05, 0.1) is 12.5 Å². The number of rotatable bonds is 4. The van der Waals surface area contributed by atoms with Gasteiger partial charge >= 0.3 is 0 Å². The summed E-state index contributed by atoms with van der Waals surface area (Å²) in [6.45, 7) is 5.64. The van der Waals surface area contributed by atoms with E-state index in [2.05, 4.69) is 20.4 Å². The van der Waals surface area contributed by atoms with Gasteiger partial charge in [-0.1, -0.05) is 23.7 Å². The van der Waals surface area contributed by atoms with Crippen molar-refractivity contribution in [3.05, 3.63) is 51.8 Å². The molecule has 3 N–H and O–H groups in total. The van der Waals surface area contributed by atoms with Crippen molar-refractivity contribution in [1.82, 2.24) is 24.9 Å². The second kappa shape index (κ2) is 6.68. The number of benzene rings is 1. The molecule has 0 saturated heterocycles. The summed E-state index contributed by atoms with van der Waals surface area (Å²) >= 11 is 6.01. The third-order valence-corrected chi connectivity index (χ3v) is 4.36. The average molecular weight is 359 g/mol. The number of aromatic nitrogens is 4. The van der Waals surface area contributed by atoms with Crippen LogP contribution in [0, 0.1) is 13.8 Å². The summed E-state index contributed by atoms with van der Waals surface area (Å²) < 4.78 is 1.56. The van der Waals surface area contributed by atoms with E-state index in [4.69, 9.17) is 17.3 Å². The van der Waals surface area contributed by atoms with Gasteiger partial charge in [0.25, 0.3) is 5.78 Å². The molecule has 1 amide bonds. The van der Waals surface area contributed by atoms with Crippen molar-refractivity contribution >= 4 is 29.2 Å². The van der Waals surface area contributed by atoms with Crippen LogP contribution in [0.4, 0.5) is 5.95 Å². The van der Waals surface area contributed by atoms with E-state index in [1.807, 2.05) is 39.0 Å². The highest BCUT2D eigenvalue weighted by atomic mass is 35.5. The molecule has 0 aliphatic heterocycles. The van der Waals surface area contributed by atoms with Gasteiger partial charge in [-0.15, -0.1) is 5.10 Å². The van der Waals surface area contributed by atoms with Crippen LogP contribution in [0.25, 0.3) is 5.78 Å². The quantitative estimate of drug-likeness (QED) is 0.746. The summed E-state index contributed by atoms with van der Waals surface area (Å²) in [5.41, 5.74) is 8.94. The van der Waals surface area contributed by atoms with Crippen LogP contribution in [0.1, 0.15) is 35.5 Å². The standard InChI is InChI=1S/C17H19ClN6O/c1-9(12-5-4-6-13(18)7-12)20-15(25)8-14-10(2)21-17-22-16(19)23-24(17)11(14)3/h4-7,9H,8H2,1-3H3,(H2,19,23)(H,20,25). The number of hydrogen-bond acceptors (Lipinski definition) is 5. The number of anilines is 1. The van der Waals surface area contributed by atoms with Crippen LogP contribution < -0.4 is 11.1 Å². The molecular weight excluding hydrogens is 340 g/mol. The van der Waals surface area contributed by atoms with Crippen LogP contribution in [0.2, 0.25) is 5.02 Å². The largest absolute Gasteiger partial charge is 0.366 e. The summed E-state index contributed by atoms with van der Waals surface area (Å²) in [5, 5.41) is 7.74. The molecule has 8 heteroatoms. The lowest BCUT2D eigenvalue weighted by atomic mass is 10.1. The second-order valence-electron chi connectivity index (χ2n) is 5.96. The van der Waals surface area contributed by atoms with Crippen LogP contribution >= 0.6 is 11.6 Å². The maximum Gasteiger partial charge on any atom is 0.254 e. The Morgan fingerprint density at radius 2 is 2.12 bits per heavy atom. The van der Waals surface area contributed by atoms with Gasteiger partial charge in [0.2, 0.25) is 11.9 Å². The third-order valence-electron chi connectivity index (χ3n) is 4.13. The van der Waals surface area contributed by atoms with Crippen molar-refractivity contribution in [3.8, 4) is 0 Å². The Balaban J connectivity index is 1.80. The molecule has 7 nitrogen and oxygen atoms in total. The Morgan fingerprint density at radius 1 is 1.36 bits per heavy atom. The summed E-state index contributed by atoms with van der Waals surface area (Å²) in [6, 6.07) is 7.29. The molecule has 0 saturated carbocycles. The highest BCUT2D eigenvalue weighted by Gasteiger charge is 2.17. The van der Waals surface area contributed by atoms with Gasteiger partial charge in [-0.2, -0.15) is 9.50 Å². The van der Waals surface area contributed by atoms with Gasteiger partial charge < -0.3 is 11.1 Å². The molecule has 2 heterocycles. The molecule has 0 spiro atoms. The molecule has 3 rings (SSSR count). The highest BCUT2D eigenvalue weighted by Crippen LogP contribution is 2.19. The number of hydrogen-bond donors (Lipinski definition) is 2. The van der Waals surface area contributed by atoms with Crippen molar-refractivity contribution in [2.75, 3.05) is 5.73 Å². The predicted octanol–water partition coefficient (Wildman–Crippen LogP) is 2.40. The van der Waals surface area contributed by atoms with Gasteiger partial charge in [-0.25, -0.2) is 4.98 Å². The van der Waals surface area contributed by atoms with E-state index in [0.29, 0.717) is 10.8 Å². The minimum Gasteiger partial charge on any atom is -0.366 e. The lowest BCUT2D eigenvalue weighted by Crippen LogP contribution is -2.29. The third kappa shape index (κ3) is 3.56. The van der Waals surface area contributed by atoms with Crippen LogP contribution in [0.3, 0.4) is 0 Å². The number of amides is 1. The van der Waals surface area contributed by atoms with Crippen molar-refractivity contribution < 1.29 is 4.79 Å². The summed E-state index contributed by atoms with van der Waals surface area (Å²) in [5.74, 6) is 0.489. The highest BCUT2D eigenvalue weighted by molar-refractivity contribution is 6.30. The number of fused-ring (bicyclic) bond motifs is 1. The minimum absolute atomic E-state index is 0.104. The first kappa shape index (κ1) is 17.2. The van der Waals surface area contributed by atoms with Crippen LogP contribution in [-0.2, 0) is 11.2 Å². The fourth-order valence-electron chi connectivity index (χ4n) is 2.79. The molecule has 0 bridgehead atoms. The van der Waals surface area contributed by atoms with E-state index >= 15 is 0 Å². The van der Waals surface area contributed by atoms with E-state index in [1.165, 1.54) is 0 Å². The number of aryl methyl sites for hydroxylation is 2. The molecular formula is C17H19ClN6O. The lowest BCUT2D eigenvalue weighted by Gasteiger charge is -2.16. The first-order valence-corrected chi connectivity index (χ1v) is 8.26. The van der Waals surface area contributed by atoms with E-state index in [0.717, 1.165) is 22.5 Å². The Hall–Kier alpha value is -2.67. The Morgan fingerprint density at radius 3 is 2.84 bits per heavy atom. The summed E-state index contributed by atoms with van der Waals surface area (Å²) in [7, 11) is 0. The molecule has 2 aromatic heterocycles. The maximum absolute atomic E-state index is 12.5. The fourth-order valence-corrected chi connectivity index (χ4v) is 2.99. The van der Waals surface area contributed by atoms with Gasteiger partial charge in [-0.3, -0.25) is 4.79 Å². The first-order valence-electron chi connectivity index (χ1n) is 7.88. The normalized spacial score (nSPS) is 12.3. The molecule has 130 valence electrons. The zero-order chi connectivity index (χ0) is 18.1. The first-order chi connectivity index (χ1) is 11.8.